The minimum atomic E-state index is 0.566. The normalized spacial score (nSPS) is 23.3. The molecule has 1 fully saturated rings. The summed E-state index contributed by atoms with van der Waals surface area (Å²) in [5.41, 5.74) is 3.05. The van der Waals surface area contributed by atoms with E-state index in [2.05, 4.69) is 51.7 Å². The van der Waals surface area contributed by atoms with Gasteiger partial charge in [-0.25, -0.2) is 0 Å². The zero-order valence-corrected chi connectivity index (χ0v) is 12.7. The Balaban J connectivity index is 1.63. The van der Waals surface area contributed by atoms with Crippen molar-refractivity contribution in [1.29, 1.82) is 0 Å². The molecule has 1 saturated heterocycles. The van der Waals surface area contributed by atoms with Gasteiger partial charge in [0.25, 0.3) is 0 Å². The molecule has 2 atom stereocenters. The Morgan fingerprint density at radius 2 is 2.10 bits per heavy atom. The van der Waals surface area contributed by atoms with E-state index in [4.69, 9.17) is 0 Å². The molecule has 1 aliphatic heterocycles. The van der Waals surface area contributed by atoms with E-state index in [1.54, 1.807) is 0 Å². The summed E-state index contributed by atoms with van der Waals surface area (Å²) in [6.07, 6.45) is 2.38. The van der Waals surface area contributed by atoms with Gasteiger partial charge in [0, 0.05) is 24.2 Å². The first-order chi connectivity index (χ1) is 10.2. The van der Waals surface area contributed by atoms with Crippen molar-refractivity contribution in [2.45, 2.75) is 38.4 Å². The lowest BCUT2D eigenvalue weighted by molar-refractivity contribution is 0.168. The van der Waals surface area contributed by atoms with Crippen molar-refractivity contribution in [3.05, 3.63) is 36.0 Å². The number of hydrogen-bond acceptors (Lipinski definition) is 4. The summed E-state index contributed by atoms with van der Waals surface area (Å²) in [5.74, 6) is 0. The van der Waals surface area contributed by atoms with Crippen molar-refractivity contribution in [3.63, 3.8) is 0 Å². The molecular weight excluding hydrogens is 262 g/mol. The van der Waals surface area contributed by atoms with Gasteiger partial charge in [0.2, 0.25) is 0 Å². The molecule has 112 valence electrons. The van der Waals surface area contributed by atoms with Crippen LogP contribution >= 0.6 is 0 Å². The molecule has 1 aromatic carbocycles. The number of aromatic nitrogens is 3. The summed E-state index contributed by atoms with van der Waals surface area (Å²) in [7, 11) is 2.20. The Kier molecular flexibility index (Phi) is 4.31. The molecule has 5 nitrogen and oxygen atoms in total. The minimum absolute atomic E-state index is 0.566. The highest BCUT2D eigenvalue weighted by atomic mass is 15.3. The Labute approximate surface area is 125 Å². The maximum atomic E-state index is 4.30. The third-order valence-electron chi connectivity index (χ3n) is 4.43. The number of aromatic amines is 1. The van der Waals surface area contributed by atoms with E-state index in [1.165, 1.54) is 12.8 Å². The van der Waals surface area contributed by atoms with E-state index in [-0.39, 0.29) is 0 Å². The van der Waals surface area contributed by atoms with Crippen molar-refractivity contribution in [2.75, 3.05) is 13.6 Å². The van der Waals surface area contributed by atoms with Crippen LogP contribution < -0.4 is 5.32 Å². The molecule has 0 saturated carbocycles. The predicted octanol–water partition coefficient (Wildman–Crippen LogP) is 2.04. The standard InChI is InChI=1S/C16H23N5/c1-12-10-14(8-9-21(12)2)17-11-15-16(19-20-18-15)13-6-4-3-5-7-13/h3-7,12,14,17H,8-11H2,1-2H3,(H,18,19,20). The molecule has 0 radical (unpaired) electrons. The van der Waals surface area contributed by atoms with E-state index in [1.807, 2.05) is 18.2 Å². The van der Waals surface area contributed by atoms with E-state index in [0.717, 1.165) is 30.0 Å². The fourth-order valence-electron chi connectivity index (χ4n) is 2.92. The van der Waals surface area contributed by atoms with Gasteiger partial charge >= 0.3 is 0 Å². The van der Waals surface area contributed by atoms with E-state index >= 15 is 0 Å². The SMILES string of the molecule is CC1CC(NCc2n[nH]nc2-c2ccccc2)CCN1C. The summed E-state index contributed by atoms with van der Waals surface area (Å²) < 4.78 is 0. The first-order valence-corrected chi connectivity index (χ1v) is 7.62. The highest BCUT2D eigenvalue weighted by Crippen LogP contribution is 2.20. The zero-order valence-electron chi connectivity index (χ0n) is 12.7. The van der Waals surface area contributed by atoms with Gasteiger partial charge in [-0.3, -0.25) is 0 Å². The minimum Gasteiger partial charge on any atom is -0.308 e. The number of likely N-dealkylation sites (tertiary alicyclic amines) is 1. The topological polar surface area (TPSA) is 56.8 Å². The van der Waals surface area contributed by atoms with Crippen molar-refractivity contribution < 1.29 is 0 Å². The van der Waals surface area contributed by atoms with Crippen LogP contribution in [0.25, 0.3) is 11.3 Å². The molecule has 0 amide bonds. The van der Waals surface area contributed by atoms with Gasteiger partial charge in [-0.15, -0.1) is 0 Å². The molecule has 1 aliphatic rings. The largest absolute Gasteiger partial charge is 0.308 e. The van der Waals surface area contributed by atoms with Crippen molar-refractivity contribution in [2.24, 2.45) is 0 Å². The molecule has 5 heteroatoms. The first-order valence-electron chi connectivity index (χ1n) is 7.62. The summed E-state index contributed by atoms with van der Waals surface area (Å²) in [4.78, 5) is 2.42. The van der Waals surface area contributed by atoms with E-state index < -0.39 is 0 Å². The second-order valence-electron chi connectivity index (χ2n) is 5.92. The second kappa shape index (κ2) is 6.37. The average Bonchev–Trinajstić information content (AvgIpc) is 2.98. The smallest absolute Gasteiger partial charge is 0.117 e. The Bertz CT molecular complexity index is 565. The quantitative estimate of drug-likeness (QED) is 0.902. The number of rotatable bonds is 4. The Morgan fingerprint density at radius 3 is 2.86 bits per heavy atom. The number of H-pyrrole nitrogens is 1. The third-order valence-corrected chi connectivity index (χ3v) is 4.43. The number of hydrogen-bond donors (Lipinski definition) is 2. The van der Waals surface area contributed by atoms with Crippen LogP contribution in [0.1, 0.15) is 25.5 Å². The Hall–Kier alpha value is -1.72. The van der Waals surface area contributed by atoms with Crippen LogP contribution in [0.2, 0.25) is 0 Å². The average molecular weight is 285 g/mol. The molecule has 0 spiro atoms. The van der Waals surface area contributed by atoms with Gasteiger partial charge in [0.15, 0.2) is 0 Å². The summed E-state index contributed by atoms with van der Waals surface area (Å²) in [6.45, 7) is 4.21. The molecular formula is C16H23N5. The van der Waals surface area contributed by atoms with Gasteiger partial charge in [0.1, 0.15) is 11.4 Å². The highest BCUT2D eigenvalue weighted by molar-refractivity contribution is 5.60. The van der Waals surface area contributed by atoms with Crippen LogP contribution in [-0.4, -0.2) is 46.0 Å². The van der Waals surface area contributed by atoms with Crippen LogP contribution in [0.4, 0.5) is 0 Å². The van der Waals surface area contributed by atoms with Crippen LogP contribution in [0.3, 0.4) is 0 Å². The molecule has 0 aliphatic carbocycles. The summed E-state index contributed by atoms with van der Waals surface area (Å²) in [6, 6.07) is 11.4. The van der Waals surface area contributed by atoms with E-state index in [0.29, 0.717) is 12.1 Å². The van der Waals surface area contributed by atoms with Crippen LogP contribution in [0, 0.1) is 0 Å². The van der Waals surface area contributed by atoms with Gasteiger partial charge in [-0.05, 0) is 33.4 Å². The predicted molar refractivity (Wildman–Crippen MR) is 83.8 cm³/mol. The highest BCUT2D eigenvalue weighted by Gasteiger charge is 2.22. The van der Waals surface area contributed by atoms with Crippen molar-refractivity contribution in [3.8, 4) is 11.3 Å². The summed E-state index contributed by atoms with van der Waals surface area (Å²) >= 11 is 0. The number of piperidine rings is 1. The molecule has 2 unspecified atom stereocenters. The molecule has 1 aromatic heterocycles. The monoisotopic (exact) mass is 285 g/mol. The molecule has 2 heterocycles. The number of nitrogens with zero attached hydrogens (tertiary/aromatic N) is 3. The summed E-state index contributed by atoms with van der Waals surface area (Å²) in [5, 5.41) is 15.0. The van der Waals surface area contributed by atoms with Crippen LogP contribution in [0.15, 0.2) is 30.3 Å². The first kappa shape index (κ1) is 14.2. The molecule has 2 aromatic rings. The lowest BCUT2D eigenvalue weighted by Gasteiger charge is -2.35. The fraction of sp³-hybridized carbons (Fsp3) is 0.500. The molecule has 0 bridgehead atoms. The van der Waals surface area contributed by atoms with Gasteiger partial charge in [0.05, 0.1) is 0 Å². The third kappa shape index (κ3) is 3.31. The van der Waals surface area contributed by atoms with Crippen molar-refractivity contribution >= 4 is 0 Å². The number of benzene rings is 1. The molecule has 21 heavy (non-hydrogen) atoms. The molecule has 2 N–H and O–H groups in total. The van der Waals surface area contributed by atoms with Gasteiger partial charge < -0.3 is 10.2 Å². The van der Waals surface area contributed by atoms with Crippen molar-refractivity contribution in [1.82, 2.24) is 25.6 Å². The van der Waals surface area contributed by atoms with Gasteiger partial charge in [-0.1, -0.05) is 30.3 Å². The maximum absolute atomic E-state index is 4.30. The fourth-order valence-corrected chi connectivity index (χ4v) is 2.92. The van der Waals surface area contributed by atoms with Crippen LogP contribution in [0.5, 0.6) is 0 Å². The van der Waals surface area contributed by atoms with Gasteiger partial charge in [-0.2, -0.15) is 15.4 Å². The molecule has 3 rings (SSSR count). The lowest BCUT2D eigenvalue weighted by Crippen LogP contribution is -2.45. The number of nitrogens with one attached hydrogen (secondary N) is 2. The maximum Gasteiger partial charge on any atom is 0.117 e. The van der Waals surface area contributed by atoms with E-state index in [9.17, 15) is 0 Å². The Morgan fingerprint density at radius 1 is 1.29 bits per heavy atom. The lowest BCUT2D eigenvalue weighted by atomic mass is 9.99. The van der Waals surface area contributed by atoms with Crippen LogP contribution in [-0.2, 0) is 6.54 Å². The zero-order chi connectivity index (χ0) is 14.7. The second-order valence-corrected chi connectivity index (χ2v) is 5.92.